The van der Waals surface area contributed by atoms with Crippen molar-refractivity contribution in [2.24, 2.45) is 0 Å². The molecule has 27 heavy (non-hydrogen) atoms. The average Bonchev–Trinajstić information content (AvgIpc) is 3.09. The smallest absolute Gasteiger partial charge is 0.408 e. The zero-order valence-electron chi connectivity index (χ0n) is 14.3. The van der Waals surface area contributed by atoms with Crippen molar-refractivity contribution in [2.45, 2.75) is 12.1 Å². The quantitative estimate of drug-likeness (QED) is 0.687. The molecule has 0 radical (unpaired) electrons. The topological polar surface area (TPSA) is 71.5 Å². The summed E-state index contributed by atoms with van der Waals surface area (Å²) >= 11 is 0. The first-order chi connectivity index (χ1) is 13.2. The van der Waals surface area contributed by atoms with Gasteiger partial charge >= 0.3 is 6.09 Å². The summed E-state index contributed by atoms with van der Waals surface area (Å²) in [6, 6.07) is 21.4. The lowest BCUT2D eigenvalue weighted by Gasteiger charge is -2.17. The first-order valence-electron chi connectivity index (χ1n) is 8.49. The van der Waals surface area contributed by atoms with Crippen molar-refractivity contribution in [2.75, 3.05) is 0 Å². The largest absolute Gasteiger partial charge is 0.508 e. The summed E-state index contributed by atoms with van der Waals surface area (Å²) in [5.74, 6) is 6.23. The minimum Gasteiger partial charge on any atom is -0.508 e. The van der Waals surface area contributed by atoms with E-state index in [9.17, 15) is 9.90 Å². The average molecular weight is 356 g/mol. The highest BCUT2D eigenvalue weighted by Gasteiger charge is 2.37. The Morgan fingerprint density at radius 3 is 2.59 bits per heavy atom. The molecule has 2 heterocycles. The van der Waals surface area contributed by atoms with Crippen LogP contribution in [-0.2, 0) is 4.74 Å². The third-order valence-corrected chi connectivity index (χ3v) is 4.21. The number of amides is 1. The van der Waals surface area contributed by atoms with E-state index < -0.39 is 18.2 Å². The lowest BCUT2D eigenvalue weighted by molar-refractivity contribution is 0.131. The highest BCUT2D eigenvalue weighted by Crippen LogP contribution is 2.36. The molecule has 2 N–H and O–H groups in total. The van der Waals surface area contributed by atoms with Gasteiger partial charge in [-0.3, -0.25) is 0 Å². The number of cyclic esters (lactones) is 1. The van der Waals surface area contributed by atoms with Crippen LogP contribution in [0.2, 0.25) is 0 Å². The zero-order chi connectivity index (χ0) is 18.6. The molecule has 5 nitrogen and oxygen atoms in total. The fourth-order valence-electron chi connectivity index (χ4n) is 2.96. The molecule has 1 aliphatic rings. The van der Waals surface area contributed by atoms with E-state index in [0.717, 1.165) is 5.56 Å². The molecule has 3 aromatic rings. The fraction of sp³-hybridized carbons (Fsp3) is 0.0909. The predicted molar refractivity (Wildman–Crippen MR) is 99.9 cm³/mol. The van der Waals surface area contributed by atoms with E-state index in [0.29, 0.717) is 17.0 Å². The van der Waals surface area contributed by atoms with Crippen molar-refractivity contribution in [1.82, 2.24) is 10.3 Å². The Bertz CT molecular complexity index is 1040. The third-order valence-electron chi connectivity index (χ3n) is 4.21. The molecule has 0 unspecified atom stereocenters. The summed E-state index contributed by atoms with van der Waals surface area (Å²) in [5.41, 5.74) is 2.85. The van der Waals surface area contributed by atoms with E-state index in [1.165, 1.54) is 0 Å². The lowest BCUT2D eigenvalue weighted by Crippen LogP contribution is -2.20. The Morgan fingerprint density at radius 1 is 0.963 bits per heavy atom. The van der Waals surface area contributed by atoms with Crippen LogP contribution in [0.5, 0.6) is 5.75 Å². The number of aromatic hydroxyl groups is 1. The summed E-state index contributed by atoms with van der Waals surface area (Å²) < 4.78 is 5.40. The molecule has 2 atom stereocenters. The Balaban J connectivity index is 1.64. The van der Waals surface area contributed by atoms with Gasteiger partial charge < -0.3 is 15.2 Å². The van der Waals surface area contributed by atoms with Crippen molar-refractivity contribution in [3.05, 3.63) is 95.3 Å². The molecule has 0 bridgehead atoms. The maximum Gasteiger partial charge on any atom is 0.408 e. The lowest BCUT2D eigenvalue weighted by atomic mass is 9.99. The van der Waals surface area contributed by atoms with E-state index in [1.54, 1.807) is 24.3 Å². The van der Waals surface area contributed by atoms with E-state index in [4.69, 9.17) is 4.74 Å². The van der Waals surface area contributed by atoms with Gasteiger partial charge in [0.25, 0.3) is 0 Å². The molecule has 1 amide bonds. The predicted octanol–water partition coefficient (Wildman–Crippen LogP) is 3.71. The summed E-state index contributed by atoms with van der Waals surface area (Å²) in [4.78, 5) is 16.4. The van der Waals surface area contributed by atoms with Crippen LogP contribution in [-0.4, -0.2) is 16.2 Å². The SMILES string of the molecule is O=C1N[C@H](c2cccc(C#Cc3ccccc3)n2)[C@@H](c2cccc(O)c2)O1. The number of ether oxygens (including phenoxy) is 1. The fourth-order valence-corrected chi connectivity index (χ4v) is 2.96. The second kappa shape index (κ2) is 7.22. The number of phenolic OH excluding ortho intramolecular Hbond substituents is 1. The monoisotopic (exact) mass is 356 g/mol. The number of alkyl carbamates (subject to hydrolysis) is 1. The molecule has 1 fully saturated rings. The van der Waals surface area contributed by atoms with Crippen molar-refractivity contribution in [1.29, 1.82) is 0 Å². The number of pyridine rings is 1. The number of carbonyl (C=O) groups excluding carboxylic acids is 1. The minimum absolute atomic E-state index is 0.115. The molecule has 4 rings (SSSR count). The Hall–Kier alpha value is -3.78. The number of hydrogen-bond acceptors (Lipinski definition) is 4. The third kappa shape index (κ3) is 3.75. The van der Waals surface area contributed by atoms with Crippen molar-refractivity contribution >= 4 is 6.09 Å². The Labute approximate surface area is 156 Å². The number of benzene rings is 2. The molecule has 2 aromatic carbocycles. The van der Waals surface area contributed by atoms with E-state index >= 15 is 0 Å². The summed E-state index contributed by atoms with van der Waals surface area (Å²) in [5, 5.41) is 12.5. The molecule has 1 aliphatic heterocycles. The van der Waals surface area contributed by atoms with Crippen LogP contribution in [0.25, 0.3) is 0 Å². The van der Waals surface area contributed by atoms with E-state index in [-0.39, 0.29) is 5.75 Å². The minimum atomic E-state index is -0.575. The van der Waals surface area contributed by atoms with Crippen molar-refractivity contribution < 1.29 is 14.6 Å². The van der Waals surface area contributed by atoms with Crippen LogP contribution in [0.15, 0.2) is 72.8 Å². The number of nitrogens with zero attached hydrogens (tertiary/aromatic N) is 1. The van der Waals surface area contributed by atoms with Crippen molar-refractivity contribution in [3.63, 3.8) is 0 Å². The van der Waals surface area contributed by atoms with Gasteiger partial charge in [0.1, 0.15) is 17.5 Å². The number of hydrogen-bond donors (Lipinski definition) is 2. The normalized spacial score (nSPS) is 18.1. The van der Waals surface area contributed by atoms with Gasteiger partial charge in [0.15, 0.2) is 6.10 Å². The highest BCUT2D eigenvalue weighted by molar-refractivity contribution is 5.71. The summed E-state index contributed by atoms with van der Waals surface area (Å²) in [6.07, 6.45) is -1.09. The molecule has 0 spiro atoms. The molecule has 5 heteroatoms. The van der Waals surface area contributed by atoms with Crippen molar-refractivity contribution in [3.8, 4) is 17.6 Å². The molecule has 1 saturated heterocycles. The molecular weight excluding hydrogens is 340 g/mol. The van der Waals surface area contributed by atoms with Gasteiger partial charge in [-0.15, -0.1) is 0 Å². The molecule has 1 aromatic heterocycles. The zero-order valence-corrected chi connectivity index (χ0v) is 14.3. The molecule has 0 aliphatic carbocycles. The van der Waals surface area contributed by atoms with Crippen LogP contribution in [0.1, 0.15) is 34.7 Å². The summed E-state index contributed by atoms with van der Waals surface area (Å²) in [6.45, 7) is 0. The van der Waals surface area contributed by atoms with Gasteiger partial charge in [-0.2, -0.15) is 0 Å². The number of rotatable bonds is 2. The number of aromatic nitrogens is 1. The second-order valence-electron chi connectivity index (χ2n) is 6.11. The molecule has 132 valence electrons. The van der Waals surface area contributed by atoms with Crippen LogP contribution in [0, 0.1) is 11.8 Å². The van der Waals surface area contributed by atoms with Gasteiger partial charge in [-0.1, -0.05) is 42.3 Å². The number of phenols is 1. The Morgan fingerprint density at radius 2 is 1.78 bits per heavy atom. The molecule has 0 saturated carbocycles. The molecular formula is C22H16N2O3. The van der Waals surface area contributed by atoms with Crippen LogP contribution < -0.4 is 5.32 Å². The van der Waals surface area contributed by atoms with E-state index in [2.05, 4.69) is 22.1 Å². The van der Waals surface area contributed by atoms with Crippen LogP contribution in [0.4, 0.5) is 4.79 Å². The van der Waals surface area contributed by atoms with Crippen LogP contribution >= 0.6 is 0 Å². The van der Waals surface area contributed by atoms with Gasteiger partial charge in [0.2, 0.25) is 0 Å². The van der Waals surface area contributed by atoms with Crippen LogP contribution in [0.3, 0.4) is 0 Å². The highest BCUT2D eigenvalue weighted by atomic mass is 16.6. The summed E-state index contributed by atoms with van der Waals surface area (Å²) in [7, 11) is 0. The Kier molecular flexibility index (Phi) is 4.46. The number of nitrogens with one attached hydrogen (secondary N) is 1. The first-order valence-corrected chi connectivity index (χ1v) is 8.49. The first kappa shape index (κ1) is 16.7. The maximum absolute atomic E-state index is 11.8. The number of carbonyl (C=O) groups is 1. The van der Waals surface area contributed by atoms with E-state index in [1.807, 2.05) is 48.5 Å². The van der Waals surface area contributed by atoms with Gasteiger partial charge in [0, 0.05) is 5.56 Å². The maximum atomic E-state index is 11.8. The second-order valence-corrected chi connectivity index (χ2v) is 6.11. The standard InChI is InChI=1S/C22H16N2O3/c25-18-10-4-8-16(14-18)21-20(24-22(26)27-21)19-11-5-9-17(23-19)13-12-15-6-2-1-3-7-15/h1-11,14,20-21,25H,(H,24,26)/t20-,21-/m1/s1. The van der Waals surface area contributed by atoms with Gasteiger partial charge in [0.05, 0.1) is 5.69 Å². The van der Waals surface area contributed by atoms with Gasteiger partial charge in [-0.25, -0.2) is 9.78 Å². The van der Waals surface area contributed by atoms with Gasteiger partial charge in [-0.05, 0) is 47.9 Å².